The Labute approximate surface area is 147 Å². The lowest BCUT2D eigenvalue weighted by atomic mass is 10.2. The molecule has 128 valence electrons. The molecular weight excluding hydrogens is 350 g/mol. The number of nitrogens with one attached hydrogen (secondary N) is 1. The second-order valence-corrected chi connectivity index (χ2v) is 6.94. The van der Waals surface area contributed by atoms with Crippen molar-refractivity contribution < 1.29 is 19.1 Å². The summed E-state index contributed by atoms with van der Waals surface area (Å²) >= 11 is 2.45. The summed E-state index contributed by atoms with van der Waals surface area (Å²) in [4.78, 5) is 23.2. The van der Waals surface area contributed by atoms with E-state index < -0.39 is 5.25 Å². The van der Waals surface area contributed by atoms with Crippen LogP contribution in [0.1, 0.15) is 6.92 Å². The van der Waals surface area contributed by atoms with Crippen LogP contribution in [0.4, 0.5) is 5.13 Å². The van der Waals surface area contributed by atoms with Crippen molar-refractivity contribution in [3.05, 3.63) is 24.3 Å². The van der Waals surface area contributed by atoms with Gasteiger partial charge in [-0.25, -0.2) is 0 Å². The van der Waals surface area contributed by atoms with Crippen LogP contribution in [0.25, 0.3) is 10.6 Å². The molecule has 9 heteroatoms. The molecule has 0 fully saturated rings. The third kappa shape index (κ3) is 4.68. The van der Waals surface area contributed by atoms with Crippen molar-refractivity contribution in [1.29, 1.82) is 0 Å². The maximum absolute atomic E-state index is 12.1. The van der Waals surface area contributed by atoms with Crippen LogP contribution in [-0.2, 0) is 14.3 Å². The Balaban J connectivity index is 2.00. The molecule has 1 aromatic carbocycles. The maximum atomic E-state index is 12.1. The number of esters is 1. The van der Waals surface area contributed by atoms with Crippen molar-refractivity contribution in [2.24, 2.45) is 0 Å². The lowest BCUT2D eigenvalue weighted by molar-refractivity contribution is -0.137. The number of thioether (sulfide) groups is 1. The maximum Gasteiger partial charge on any atom is 0.315 e. The molecule has 0 unspecified atom stereocenters. The normalized spacial score (nSPS) is 11.6. The van der Waals surface area contributed by atoms with Gasteiger partial charge in [-0.3, -0.25) is 14.9 Å². The average Bonchev–Trinajstić information content (AvgIpc) is 3.07. The van der Waals surface area contributed by atoms with Crippen LogP contribution in [0.15, 0.2) is 24.3 Å². The van der Waals surface area contributed by atoms with Crippen LogP contribution in [-0.4, -0.2) is 47.3 Å². The molecule has 7 nitrogen and oxygen atoms in total. The molecule has 0 aliphatic rings. The highest BCUT2D eigenvalue weighted by atomic mass is 32.2. The van der Waals surface area contributed by atoms with E-state index >= 15 is 0 Å². The molecular formula is C15H17N3O4S2. The van der Waals surface area contributed by atoms with Crippen LogP contribution in [0, 0.1) is 0 Å². The number of aromatic nitrogens is 2. The molecule has 0 radical (unpaired) electrons. The first-order valence-corrected chi connectivity index (χ1v) is 8.88. The van der Waals surface area contributed by atoms with Crippen molar-refractivity contribution in [3.8, 4) is 16.3 Å². The Kier molecular flexibility index (Phi) is 6.56. The molecule has 2 aromatic rings. The number of amides is 1. The molecule has 24 heavy (non-hydrogen) atoms. The molecule has 0 bridgehead atoms. The van der Waals surface area contributed by atoms with Crippen molar-refractivity contribution >= 4 is 40.1 Å². The van der Waals surface area contributed by atoms with Crippen molar-refractivity contribution in [2.75, 3.05) is 25.3 Å². The molecule has 1 amide bonds. The Bertz CT molecular complexity index is 720. The van der Waals surface area contributed by atoms with Gasteiger partial charge >= 0.3 is 5.97 Å². The van der Waals surface area contributed by atoms with Crippen LogP contribution < -0.4 is 10.1 Å². The predicted molar refractivity (Wildman–Crippen MR) is 94.5 cm³/mol. The third-order valence-electron chi connectivity index (χ3n) is 3.04. The molecule has 1 heterocycles. The number of carbonyl (C=O) groups is 2. The van der Waals surface area contributed by atoms with Gasteiger partial charge in [-0.05, 0) is 19.1 Å². The molecule has 0 aliphatic heterocycles. The fourth-order valence-electron chi connectivity index (χ4n) is 1.74. The van der Waals surface area contributed by atoms with Gasteiger partial charge < -0.3 is 9.47 Å². The quantitative estimate of drug-likeness (QED) is 0.752. The van der Waals surface area contributed by atoms with Crippen LogP contribution in [0.3, 0.4) is 0 Å². The third-order valence-corrected chi connectivity index (χ3v) is 5.03. The molecule has 1 atom stereocenters. The van der Waals surface area contributed by atoms with E-state index in [0.717, 1.165) is 5.56 Å². The Morgan fingerprint density at radius 3 is 2.75 bits per heavy atom. The number of hydrogen-bond acceptors (Lipinski definition) is 8. The zero-order valence-electron chi connectivity index (χ0n) is 13.4. The van der Waals surface area contributed by atoms with Gasteiger partial charge in [0.1, 0.15) is 5.75 Å². The minimum absolute atomic E-state index is 0.119. The first-order chi connectivity index (χ1) is 11.5. The monoisotopic (exact) mass is 367 g/mol. The average molecular weight is 367 g/mol. The Hall–Kier alpha value is -2.13. The topological polar surface area (TPSA) is 90.4 Å². The minimum Gasteiger partial charge on any atom is -0.496 e. The predicted octanol–water partition coefficient (Wildman–Crippen LogP) is 2.45. The molecule has 2 rings (SSSR count). The summed E-state index contributed by atoms with van der Waals surface area (Å²) in [6.45, 7) is 1.71. The zero-order chi connectivity index (χ0) is 17.5. The number of ether oxygens (including phenoxy) is 2. The van der Waals surface area contributed by atoms with E-state index in [1.165, 1.54) is 30.2 Å². The SMILES string of the molecule is COC(=O)CS[C@H](C)C(=O)Nc1nnc(-c2ccccc2OC)s1. The van der Waals surface area contributed by atoms with E-state index in [0.29, 0.717) is 15.9 Å². The van der Waals surface area contributed by atoms with Gasteiger partial charge in [-0.2, -0.15) is 0 Å². The lowest BCUT2D eigenvalue weighted by Crippen LogP contribution is -2.23. The summed E-state index contributed by atoms with van der Waals surface area (Å²) in [6, 6.07) is 7.45. The van der Waals surface area contributed by atoms with Crippen molar-refractivity contribution in [1.82, 2.24) is 10.2 Å². The second kappa shape index (κ2) is 8.65. The Morgan fingerprint density at radius 2 is 2.04 bits per heavy atom. The number of methoxy groups -OCH3 is 2. The molecule has 1 aromatic heterocycles. The van der Waals surface area contributed by atoms with Crippen LogP contribution >= 0.6 is 23.1 Å². The fraction of sp³-hybridized carbons (Fsp3) is 0.333. The van der Waals surface area contributed by atoms with E-state index in [1.807, 2.05) is 24.3 Å². The molecule has 1 N–H and O–H groups in total. The molecule has 0 aliphatic carbocycles. The Morgan fingerprint density at radius 1 is 1.29 bits per heavy atom. The number of rotatable bonds is 7. The van der Waals surface area contributed by atoms with Crippen LogP contribution in [0.5, 0.6) is 5.75 Å². The number of para-hydroxylation sites is 1. The van der Waals surface area contributed by atoms with E-state index in [-0.39, 0.29) is 17.6 Å². The second-order valence-electron chi connectivity index (χ2n) is 4.63. The summed E-state index contributed by atoms with van der Waals surface area (Å²) in [5.74, 6) is 0.197. The van der Waals surface area contributed by atoms with Crippen molar-refractivity contribution in [3.63, 3.8) is 0 Å². The van der Waals surface area contributed by atoms with Gasteiger partial charge in [-0.1, -0.05) is 23.5 Å². The van der Waals surface area contributed by atoms with Gasteiger partial charge in [-0.15, -0.1) is 22.0 Å². The number of carbonyl (C=O) groups excluding carboxylic acids is 2. The summed E-state index contributed by atoms with van der Waals surface area (Å²) in [5.41, 5.74) is 0.811. The summed E-state index contributed by atoms with van der Waals surface area (Å²) in [6.07, 6.45) is 0. The van der Waals surface area contributed by atoms with Gasteiger partial charge in [0, 0.05) is 0 Å². The van der Waals surface area contributed by atoms with E-state index in [1.54, 1.807) is 14.0 Å². The first kappa shape index (κ1) is 18.2. The number of hydrogen-bond donors (Lipinski definition) is 1. The molecule has 0 spiro atoms. The first-order valence-electron chi connectivity index (χ1n) is 7.01. The van der Waals surface area contributed by atoms with Crippen LogP contribution in [0.2, 0.25) is 0 Å². The zero-order valence-corrected chi connectivity index (χ0v) is 15.1. The van der Waals surface area contributed by atoms with E-state index in [4.69, 9.17) is 4.74 Å². The minimum atomic E-state index is -0.414. The number of anilines is 1. The largest absolute Gasteiger partial charge is 0.496 e. The van der Waals surface area contributed by atoms with Gasteiger partial charge in [0.05, 0.1) is 30.8 Å². The van der Waals surface area contributed by atoms with Gasteiger partial charge in [0.2, 0.25) is 11.0 Å². The van der Waals surface area contributed by atoms with E-state index in [9.17, 15) is 9.59 Å². The molecule has 0 saturated heterocycles. The summed E-state index contributed by atoms with van der Waals surface area (Å²) < 4.78 is 9.85. The lowest BCUT2D eigenvalue weighted by Gasteiger charge is -2.09. The smallest absolute Gasteiger partial charge is 0.315 e. The van der Waals surface area contributed by atoms with E-state index in [2.05, 4.69) is 20.3 Å². The fourth-order valence-corrected chi connectivity index (χ4v) is 3.23. The van der Waals surface area contributed by atoms with Gasteiger partial charge in [0.15, 0.2) is 5.01 Å². The standard InChI is InChI=1S/C15H17N3O4S2/c1-9(23-8-12(19)22-3)13(20)16-15-18-17-14(24-15)10-6-4-5-7-11(10)21-2/h4-7,9H,8H2,1-3H3,(H,16,18,20)/t9-/m1/s1. The van der Waals surface area contributed by atoms with Crippen molar-refractivity contribution in [2.45, 2.75) is 12.2 Å². The van der Waals surface area contributed by atoms with Gasteiger partial charge in [0.25, 0.3) is 0 Å². The highest BCUT2D eigenvalue weighted by Gasteiger charge is 2.18. The number of nitrogens with zero attached hydrogens (tertiary/aromatic N) is 2. The highest BCUT2D eigenvalue weighted by molar-refractivity contribution is 8.01. The summed E-state index contributed by atoms with van der Waals surface area (Å²) in [5, 5.41) is 11.4. The highest BCUT2D eigenvalue weighted by Crippen LogP contribution is 2.33. The molecule has 0 saturated carbocycles. The summed E-state index contributed by atoms with van der Waals surface area (Å²) in [7, 11) is 2.90. The number of benzene rings is 1.